The molecule has 0 unspecified atom stereocenters. The van der Waals surface area contributed by atoms with Crippen molar-refractivity contribution in [3.8, 4) is 11.5 Å². The molecule has 278 valence electrons. The van der Waals surface area contributed by atoms with Crippen molar-refractivity contribution in [2.75, 3.05) is 26.8 Å². The van der Waals surface area contributed by atoms with Crippen molar-refractivity contribution >= 4 is 41.1 Å². The fourth-order valence-electron chi connectivity index (χ4n) is 5.67. The van der Waals surface area contributed by atoms with Gasteiger partial charge in [0.2, 0.25) is 17.7 Å². The van der Waals surface area contributed by atoms with Crippen LogP contribution in [0.15, 0.2) is 66.7 Å². The third-order valence-corrected chi connectivity index (χ3v) is 8.81. The molecule has 0 spiro atoms. The highest BCUT2D eigenvalue weighted by Gasteiger charge is 2.32. The number of rotatable bonds is 6. The molecule has 1 aliphatic rings. The molecule has 5 amide bonds. The zero-order valence-electron chi connectivity index (χ0n) is 29.4. The number of amides is 5. The van der Waals surface area contributed by atoms with E-state index in [9.17, 15) is 28.4 Å². The Balaban J connectivity index is 1.63. The molecular formula is C38H45ClFN5O7. The van der Waals surface area contributed by atoms with Crippen molar-refractivity contribution in [2.24, 2.45) is 5.92 Å². The topological polar surface area (TPSA) is 164 Å². The molecule has 1 heterocycles. The second-order valence-corrected chi connectivity index (χ2v) is 13.2. The van der Waals surface area contributed by atoms with Crippen molar-refractivity contribution in [1.82, 2.24) is 26.6 Å². The maximum atomic E-state index is 14.7. The highest BCUT2D eigenvalue weighted by molar-refractivity contribution is 6.33. The normalized spacial score (nSPS) is 19.8. The van der Waals surface area contributed by atoms with E-state index in [1.807, 2.05) is 12.1 Å². The number of methoxy groups -OCH3 is 1. The van der Waals surface area contributed by atoms with Crippen LogP contribution in [-0.2, 0) is 32.0 Å². The Labute approximate surface area is 307 Å². The summed E-state index contributed by atoms with van der Waals surface area (Å²) in [6.07, 6.45) is 1.45. The van der Waals surface area contributed by atoms with E-state index in [2.05, 4.69) is 26.6 Å². The number of carbonyl (C=O) groups excluding carboxylic acids is 5. The highest BCUT2D eigenvalue weighted by atomic mass is 35.5. The van der Waals surface area contributed by atoms with E-state index in [1.54, 1.807) is 50.2 Å². The first kappa shape index (κ1) is 39.6. The number of ether oxygens (including phenoxy) is 2. The standard InChI is InChI=1S/C38H45ClFN5O7/c1-23(2)34-38(50)42-19-8-12-25-16-17-30(51-3)31(21-25)52-22-32(46)41-18-9-15-28(43-37(49)33-26(39)13-7-14-27(33)40)35(47)44-29(36(48)45-34)20-24-10-5-4-6-11-24/h4-7,10-11,13-14,16-17,21,23,28-29,34H,8-9,12,15,18-20,22H2,1-3H3,(H,41,46)(H,42,50)(H,43,49)(H,44,47)(H,45,48)/t28-,29-,34+/m0/s1. The van der Waals surface area contributed by atoms with Crippen molar-refractivity contribution in [3.05, 3.63) is 94.3 Å². The predicted molar refractivity (Wildman–Crippen MR) is 194 cm³/mol. The van der Waals surface area contributed by atoms with Crippen LogP contribution in [0, 0.1) is 11.7 Å². The fourth-order valence-corrected chi connectivity index (χ4v) is 5.91. The van der Waals surface area contributed by atoms with Gasteiger partial charge in [-0.1, -0.05) is 67.9 Å². The largest absolute Gasteiger partial charge is 0.493 e. The molecule has 0 saturated heterocycles. The summed E-state index contributed by atoms with van der Waals surface area (Å²) in [6.45, 7) is 3.72. The van der Waals surface area contributed by atoms with Gasteiger partial charge in [-0.15, -0.1) is 0 Å². The third-order valence-electron chi connectivity index (χ3n) is 8.49. The molecule has 0 radical (unpaired) electrons. The van der Waals surface area contributed by atoms with Crippen LogP contribution in [0.1, 0.15) is 54.6 Å². The van der Waals surface area contributed by atoms with Crippen LogP contribution >= 0.6 is 11.6 Å². The van der Waals surface area contributed by atoms with Crippen LogP contribution < -0.4 is 36.1 Å². The minimum atomic E-state index is -1.27. The average molecular weight is 738 g/mol. The fraction of sp³-hybridized carbons (Fsp3) is 0.395. The predicted octanol–water partition coefficient (Wildman–Crippen LogP) is 3.49. The summed E-state index contributed by atoms with van der Waals surface area (Å²) in [4.78, 5) is 67.1. The maximum Gasteiger partial charge on any atom is 0.257 e. The van der Waals surface area contributed by atoms with Gasteiger partial charge in [-0.3, -0.25) is 24.0 Å². The van der Waals surface area contributed by atoms with Crippen molar-refractivity contribution in [2.45, 2.75) is 64.1 Å². The summed E-state index contributed by atoms with van der Waals surface area (Å²) in [5.41, 5.74) is 1.20. The molecule has 1 aliphatic heterocycles. The van der Waals surface area contributed by atoms with E-state index in [0.29, 0.717) is 30.9 Å². The van der Waals surface area contributed by atoms with Gasteiger partial charge in [0.05, 0.1) is 17.7 Å². The molecule has 0 aromatic heterocycles. The minimum absolute atomic E-state index is 0.00263. The molecule has 3 aromatic carbocycles. The van der Waals surface area contributed by atoms with Crippen molar-refractivity contribution in [1.29, 1.82) is 0 Å². The van der Waals surface area contributed by atoms with Crippen LogP contribution in [0.3, 0.4) is 0 Å². The maximum absolute atomic E-state index is 14.7. The van der Waals surface area contributed by atoms with Crippen LogP contribution in [0.5, 0.6) is 11.5 Å². The summed E-state index contributed by atoms with van der Waals surface area (Å²) in [5, 5.41) is 13.6. The zero-order valence-corrected chi connectivity index (χ0v) is 30.2. The Morgan fingerprint density at radius 3 is 2.40 bits per heavy atom. The first-order chi connectivity index (χ1) is 25.0. The van der Waals surface area contributed by atoms with E-state index in [1.165, 1.54) is 19.2 Å². The summed E-state index contributed by atoms with van der Waals surface area (Å²) in [5.74, 6) is -3.43. The highest BCUT2D eigenvalue weighted by Crippen LogP contribution is 2.28. The first-order valence-corrected chi connectivity index (χ1v) is 17.6. The summed E-state index contributed by atoms with van der Waals surface area (Å²) in [7, 11) is 1.49. The van der Waals surface area contributed by atoms with Gasteiger partial charge in [-0.2, -0.15) is 0 Å². The van der Waals surface area contributed by atoms with Crippen LogP contribution in [0.2, 0.25) is 5.02 Å². The lowest BCUT2D eigenvalue weighted by Crippen LogP contribution is -2.58. The van der Waals surface area contributed by atoms with Crippen LogP contribution in [-0.4, -0.2) is 74.5 Å². The first-order valence-electron chi connectivity index (χ1n) is 17.2. The lowest BCUT2D eigenvalue weighted by atomic mass is 10.00. The number of benzene rings is 3. The Bertz CT molecular complexity index is 1700. The second-order valence-electron chi connectivity index (χ2n) is 12.8. The quantitative estimate of drug-likeness (QED) is 0.259. The van der Waals surface area contributed by atoms with Gasteiger partial charge in [0.15, 0.2) is 18.1 Å². The third kappa shape index (κ3) is 11.4. The van der Waals surface area contributed by atoms with E-state index in [4.69, 9.17) is 21.1 Å². The smallest absolute Gasteiger partial charge is 0.257 e. The zero-order chi connectivity index (χ0) is 37.6. The number of fused-ring (bicyclic) bond motifs is 2. The molecule has 4 rings (SSSR count). The lowest BCUT2D eigenvalue weighted by Gasteiger charge is -2.27. The summed E-state index contributed by atoms with van der Waals surface area (Å²) >= 11 is 6.14. The van der Waals surface area contributed by atoms with E-state index < -0.39 is 53.1 Å². The second kappa shape index (κ2) is 19.4. The Kier molecular flexibility index (Phi) is 14.8. The number of nitrogens with one attached hydrogen (secondary N) is 5. The SMILES string of the molecule is COc1ccc2cc1OCC(=O)NCCC[C@H](NC(=O)c1c(F)cccc1Cl)C(=O)N[C@@H](Cc1ccccc1)C(=O)N[C@H](C(C)C)C(=O)NCCC2. The molecule has 3 atom stereocenters. The van der Waals surface area contributed by atoms with Crippen LogP contribution in [0.25, 0.3) is 0 Å². The average Bonchev–Trinajstić information content (AvgIpc) is 3.12. The molecule has 3 aromatic rings. The van der Waals surface area contributed by atoms with Gasteiger partial charge >= 0.3 is 0 Å². The molecule has 14 heteroatoms. The van der Waals surface area contributed by atoms with E-state index >= 15 is 0 Å². The van der Waals surface area contributed by atoms with Crippen LogP contribution in [0.4, 0.5) is 4.39 Å². The van der Waals surface area contributed by atoms with Crippen molar-refractivity contribution < 1.29 is 37.8 Å². The number of aryl methyl sites for hydroxylation is 1. The van der Waals surface area contributed by atoms with Gasteiger partial charge < -0.3 is 36.1 Å². The monoisotopic (exact) mass is 737 g/mol. The number of hydrogen-bond acceptors (Lipinski definition) is 7. The Morgan fingerprint density at radius 1 is 0.942 bits per heavy atom. The molecule has 0 aliphatic carbocycles. The van der Waals surface area contributed by atoms with Gasteiger partial charge in [-0.05, 0) is 67.0 Å². The molecule has 2 bridgehead atoms. The number of hydrogen-bond donors (Lipinski definition) is 5. The molecule has 0 saturated carbocycles. The van der Waals surface area contributed by atoms with Crippen molar-refractivity contribution in [3.63, 3.8) is 0 Å². The molecule has 5 N–H and O–H groups in total. The molecular weight excluding hydrogens is 693 g/mol. The summed E-state index contributed by atoms with van der Waals surface area (Å²) in [6, 6.07) is 14.8. The lowest BCUT2D eigenvalue weighted by molar-refractivity contribution is -0.133. The van der Waals surface area contributed by atoms with Gasteiger partial charge in [0, 0.05) is 19.5 Å². The molecule has 52 heavy (non-hydrogen) atoms. The summed E-state index contributed by atoms with van der Waals surface area (Å²) < 4.78 is 25.8. The van der Waals surface area contributed by atoms with Gasteiger partial charge in [-0.25, -0.2) is 4.39 Å². The Hall–Kier alpha value is -5.17. The number of carbonyl (C=O) groups is 5. The molecule has 0 fully saturated rings. The van der Waals surface area contributed by atoms with E-state index in [-0.39, 0.29) is 49.3 Å². The number of halogens is 2. The van der Waals surface area contributed by atoms with Gasteiger partial charge in [0.1, 0.15) is 23.9 Å². The van der Waals surface area contributed by atoms with E-state index in [0.717, 1.165) is 17.2 Å². The minimum Gasteiger partial charge on any atom is -0.493 e. The Morgan fingerprint density at radius 2 is 1.69 bits per heavy atom. The van der Waals surface area contributed by atoms with Gasteiger partial charge in [0.25, 0.3) is 11.8 Å². The molecule has 12 nitrogen and oxygen atoms in total.